The van der Waals surface area contributed by atoms with Gasteiger partial charge in [0.1, 0.15) is 11.5 Å². The molecule has 36 heavy (non-hydrogen) atoms. The van der Waals surface area contributed by atoms with Gasteiger partial charge >= 0.3 is 5.97 Å². The van der Waals surface area contributed by atoms with Crippen molar-refractivity contribution >= 4 is 38.4 Å². The standard InChI is InChI=1S/C23H29N5O6S2/c1-4-33-21(29)9-10-25-22(30)17-7-5-15(12-26-17)19-13-35-23(28-19)27-18-11-16(36(24,31)32)6-8-20(18)34-14(2)3/h5-8,12-14,18H,4,9-11H2,1-3H3,(H,25,30)(H,27,28)(H2,24,31,32). The van der Waals surface area contributed by atoms with E-state index in [1.54, 1.807) is 25.1 Å². The molecule has 0 aromatic carbocycles. The first-order chi connectivity index (χ1) is 17.1. The van der Waals surface area contributed by atoms with Gasteiger partial charge in [-0.05, 0) is 45.1 Å². The van der Waals surface area contributed by atoms with Gasteiger partial charge in [-0.2, -0.15) is 0 Å². The van der Waals surface area contributed by atoms with Crippen LogP contribution in [-0.2, 0) is 24.3 Å². The quantitative estimate of drug-likeness (QED) is 0.367. The monoisotopic (exact) mass is 535 g/mol. The van der Waals surface area contributed by atoms with Gasteiger partial charge in [0.2, 0.25) is 10.0 Å². The number of amides is 1. The zero-order valence-corrected chi connectivity index (χ0v) is 21.8. The lowest BCUT2D eigenvalue weighted by Gasteiger charge is -2.26. The first-order valence-electron chi connectivity index (χ1n) is 11.3. The van der Waals surface area contributed by atoms with Crippen molar-refractivity contribution in [2.75, 3.05) is 18.5 Å². The number of carbonyl (C=O) groups excluding carboxylic acids is 2. The third-order valence-electron chi connectivity index (χ3n) is 4.93. The highest BCUT2D eigenvalue weighted by molar-refractivity contribution is 7.93. The van der Waals surface area contributed by atoms with Crippen molar-refractivity contribution in [2.24, 2.45) is 5.14 Å². The number of hydrogen-bond acceptors (Lipinski definition) is 10. The van der Waals surface area contributed by atoms with Gasteiger partial charge in [-0.1, -0.05) is 0 Å². The van der Waals surface area contributed by atoms with Crippen molar-refractivity contribution in [3.63, 3.8) is 0 Å². The van der Waals surface area contributed by atoms with E-state index in [-0.39, 0.29) is 42.1 Å². The Hall–Kier alpha value is -3.29. The summed E-state index contributed by atoms with van der Waals surface area (Å²) >= 11 is 1.34. The van der Waals surface area contributed by atoms with Crippen LogP contribution in [0.5, 0.6) is 0 Å². The largest absolute Gasteiger partial charge is 0.493 e. The van der Waals surface area contributed by atoms with Crippen molar-refractivity contribution in [2.45, 2.75) is 45.8 Å². The van der Waals surface area contributed by atoms with Crippen molar-refractivity contribution < 1.29 is 27.5 Å². The number of aromatic nitrogens is 2. The summed E-state index contributed by atoms with van der Waals surface area (Å²) in [4.78, 5) is 32.5. The number of anilines is 1. The lowest BCUT2D eigenvalue weighted by molar-refractivity contribution is -0.142. The highest BCUT2D eigenvalue weighted by atomic mass is 32.2. The number of sulfonamides is 1. The van der Waals surface area contributed by atoms with Gasteiger partial charge in [-0.25, -0.2) is 18.5 Å². The molecule has 194 valence electrons. The lowest BCUT2D eigenvalue weighted by Crippen LogP contribution is -2.30. The van der Waals surface area contributed by atoms with Crippen LogP contribution in [0.15, 0.2) is 46.5 Å². The van der Waals surface area contributed by atoms with E-state index in [4.69, 9.17) is 14.6 Å². The summed E-state index contributed by atoms with van der Waals surface area (Å²) in [5.41, 5.74) is 1.55. The zero-order valence-electron chi connectivity index (χ0n) is 20.2. The highest BCUT2D eigenvalue weighted by Crippen LogP contribution is 2.30. The fraction of sp³-hybridized carbons (Fsp3) is 0.391. The van der Waals surface area contributed by atoms with Crippen LogP contribution >= 0.6 is 11.3 Å². The first-order valence-corrected chi connectivity index (χ1v) is 13.7. The summed E-state index contributed by atoms with van der Waals surface area (Å²) in [6.07, 6.45) is 4.72. The van der Waals surface area contributed by atoms with E-state index in [1.165, 1.54) is 23.6 Å². The molecule has 0 spiro atoms. The molecule has 1 unspecified atom stereocenters. The van der Waals surface area contributed by atoms with E-state index in [9.17, 15) is 18.0 Å². The number of esters is 1. The van der Waals surface area contributed by atoms with Crippen LogP contribution < -0.4 is 15.8 Å². The number of nitrogens with zero attached hydrogens (tertiary/aromatic N) is 2. The number of pyridine rings is 1. The molecule has 0 aliphatic heterocycles. The second-order valence-electron chi connectivity index (χ2n) is 8.10. The second kappa shape index (κ2) is 12.1. The van der Waals surface area contributed by atoms with Crippen LogP contribution in [0.3, 0.4) is 0 Å². The van der Waals surface area contributed by atoms with Gasteiger partial charge < -0.3 is 20.1 Å². The average Bonchev–Trinajstić information content (AvgIpc) is 3.28. The maximum Gasteiger partial charge on any atom is 0.307 e. The van der Waals surface area contributed by atoms with E-state index >= 15 is 0 Å². The minimum Gasteiger partial charge on any atom is -0.493 e. The Morgan fingerprint density at radius 1 is 1.28 bits per heavy atom. The van der Waals surface area contributed by atoms with Crippen LogP contribution in [0.1, 0.15) is 44.1 Å². The van der Waals surface area contributed by atoms with Crippen LogP contribution in [0.4, 0.5) is 5.13 Å². The Labute approximate surface area is 213 Å². The first kappa shape index (κ1) is 27.3. The number of allylic oxidation sites excluding steroid dienone is 2. The van der Waals surface area contributed by atoms with E-state index < -0.39 is 22.0 Å². The highest BCUT2D eigenvalue weighted by Gasteiger charge is 2.27. The normalized spacial score (nSPS) is 15.6. The molecule has 3 rings (SSSR count). The number of rotatable bonds is 11. The Morgan fingerprint density at radius 3 is 2.69 bits per heavy atom. The predicted molar refractivity (Wildman–Crippen MR) is 136 cm³/mol. The molecule has 1 aliphatic carbocycles. The molecule has 1 atom stereocenters. The molecular formula is C23H29N5O6S2. The summed E-state index contributed by atoms with van der Waals surface area (Å²) in [6, 6.07) is 2.84. The fourth-order valence-electron chi connectivity index (χ4n) is 3.29. The van der Waals surface area contributed by atoms with E-state index in [2.05, 4.69) is 20.6 Å². The second-order valence-corrected chi connectivity index (χ2v) is 10.6. The van der Waals surface area contributed by atoms with Gasteiger partial charge in [0, 0.05) is 30.1 Å². The molecule has 2 heterocycles. The van der Waals surface area contributed by atoms with Crippen LogP contribution in [-0.4, -0.2) is 55.6 Å². The van der Waals surface area contributed by atoms with Gasteiger partial charge in [-0.3, -0.25) is 14.6 Å². The molecule has 0 saturated heterocycles. The molecule has 2 aromatic rings. The molecule has 2 aromatic heterocycles. The Balaban J connectivity index is 1.65. The van der Waals surface area contributed by atoms with E-state index in [1.807, 2.05) is 19.2 Å². The molecule has 0 saturated carbocycles. The predicted octanol–water partition coefficient (Wildman–Crippen LogP) is 2.55. The number of ether oxygens (including phenoxy) is 2. The topological polar surface area (TPSA) is 163 Å². The number of hydrogen-bond donors (Lipinski definition) is 3. The molecule has 0 radical (unpaired) electrons. The lowest BCUT2D eigenvalue weighted by atomic mass is 10.1. The van der Waals surface area contributed by atoms with Gasteiger partial charge in [0.25, 0.3) is 5.91 Å². The van der Waals surface area contributed by atoms with Gasteiger partial charge in [0.05, 0.1) is 35.8 Å². The average molecular weight is 536 g/mol. The molecule has 11 nitrogen and oxygen atoms in total. The summed E-state index contributed by atoms with van der Waals surface area (Å²) in [7, 11) is -3.82. The smallest absolute Gasteiger partial charge is 0.307 e. The summed E-state index contributed by atoms with van der Waals surface area (Å²) in [5, 5.41) is 13.6. The summed E-state index contributed by atoms with van der Waals surface area (Å²) in [6.45, 7) is 5.94. The van der Waals surface area contributed by atoms with Crippen molar-refractivity contribution in [3.8, 4) is 11.3 Å². The molecule has 4 N–H and O–H groups in total. The summed E-state index contributed by atoms with van der Waals surface area (Å²) < 4.78 is 34.3. The number of nitrogens with one attached hydrogen (secondary N) is 2. The SMILES string of the molecule is CCOC(=O)CCNC(=O)c1ccc(-c2csc(NC3CC(S(N)(=O)=O)=CC=C3OC(C)C)n2)cn1. The van der Waals surface area contributed by atoms with Crippen LogP contribution in [0.2, 0.25) is 0 Å². The Kier molecular flexibility index (Phi) is 9.18. The molecule has 1 aliphatic rings. The number of nitrogens with two attached hydrogens (primary N) is 1. The minimum atomic E-state index is -3.82. The van der Waals surface area contributed by atoms with Crippen molar-refractivity contribution in [1.82, 2.24) is 15.3 Å². The molecule has 1 amide bonds. The van der Waals surface area contributed by atoms with Crippen molar-refractivity contribution in [1.29, 1.82) is 0 Å². The molecule has 13 heteroatoms. The third-order valence-corrected chi connectivity index (χ3v) is 6.74. The van der Waals surface area contributed by atoms with Crippen molar-refractivity contribution in [3.05, 3.63) is 52.2 Å². The number of thiazole rings is 1. The van der Waals surface area contributed by atoms with Crippen LogP contribution in [0, 0.1) is 0 Å². The number of primary sulfonamides is 1. The molecule has 0 bridgehead atoms. The maximum atomic E-state index is 12.2. The van der Waals surface area contributed by atoms with Gasteiger partial charge in [0.15, 0.2) is 5.13 Å². The third kappa shape index (κ3) is 7.60. The van der Waals surface area contributed by atoms with Gasteiger partial charge in [-0.15, -0.1) is 11.3 Å². The number of carbonyl (C=O) groups is 2. The minimum absolute atomic E-state index is 0.0842. The maximum absolute atomic E-state index is 12.2. The van der Waals surface area contributed by atoms with Crippen LogP contribution in [0.25, 0.3) is 11.3 Å². The zero-order chi connectivity index (χ0) is 26.3. The Morgan fingerprint density at radius 2 is 2.06 bits per heavy atom. The molecular weight excluding hydrogens is 506 g/mol. The Bertz CT molecular complexity index is 1250. The molecule has 0 fully saturated rings. The van der Waals surface area contributed by atoms with E-state index in [0.717, 1.165) is 0 Å². The van der Waals surface area contributed by atoms with E-state index in [0.29, 0.717) is 28.8 Å². The fourth-order valence-corrected chi connectivity index (χ4v) is 4.72. The summed E-state index contributed by atoms with van der Waals surface area (Å²) in [5.74, 6) is -0.182.